The van der Waals surface area contributed by atoms with Crippen molar-refractivity contribution in [3.8, 4) is 56.5 Å². The first-order valence-corrected chi connectivity index (χ1v) is 18.8. The van der Waals surface area contributed by atoms with Gasteiger partial charge in [0, 0.05) is 45.6 Å². The van der Waals surface area contributed by atoms with Crippen LogP contribution in [-0.4, -0.2) is 15.0 Å². The first-order chi connectivity index (χ1) is 27.0. The highest BCUT2D eigenvalue weighted by molar-refractivity contribution is 5.89. The lowest BCUT2D eigenvalue weighted by Gasteiger charge is -2.43. The van der Waals surface area contributed by atoms with Crippen LogP contribution in [0.25, 0.3) is 57.2 Å². The number of fused-ring (bicyclic) bond motifs is 11. The molecule has 3 heterocycles. The lowest BCUT2D eigenvalue weighted by Crippen LogP contribution is -2.35. The Morgan fingerprint density at radius 2 is 1.15 bits per heavy atom. The van der Waals surface area contributed by atoms with Crippen molar-refractivity contribution in [1.29, 1.82) is 0 Å². The van der Waals surface area contributed by atoms with Crippen LogP contribution in [-0.2, 0) is 10.8 Å². The average Bonchev–Trinajstić information content (AvgIpc) is 3.36. The number of aromatic nitrogens is 3. The predicted molar refractivity (Wildman–Crippen MR) is 221 cm³/mol. The third kappa shape index (κ3) is 4.61. The Morgan fingerprint density at radius 1 is 0.455 bits per heavy atom. The van der Waals surface area contributed by atoms with Gasteiger partial charge in [-0.05, 0) is 87.0 Å². The van der Waals surface area contributed by atoms with Crippen molar-refractivity contribution in [2.75, 3.05) is 0 Å². The summed E-state index contributed by atoms with van der Waals surface area (Å²) in [5.41, 5.74) is 15.9. The Bertz CT molecular complexity index is 2820. The molecule has 1 atom stereocenters. The molecule has 0 fully saturated rings. The molecule has 0 bridgehead atoms. The molecule has 3 aliphatic rings. The van der Waals surface area contributed by atoms with Crippen LogP contribution in [0.1, 0.15) is 58.4 Å². The summed E-state index contributed by atoms with van der Waals surface area (Å²) in [6.07, 6.45) is 8.15. The monoisotopic (exact) mass is 705 g/mol. The topological polar surface area (TPSA) is 47.9 Å². The minimum Gasteiger partial charge on any atom is -0.457 e. The molecule has 1 aliphatic heterocycles. The van der Waals surface area contributed by atoms with Crippen LogP contribution >= 0.6 is 0 Å². The van der Waals surface area contributed by atoms with Gasteiger partial charge in [0.2, 0.25) is 0 Å². The number of rotatable bonds is 3. The molecule has 1 spiro atoms. The molecule has 8 aromatic rings. The zero-order valence-electron chi connectivity index (χ0n) is 30.5. The van der Waals surface area contributed by atoms with Crippen molar-refractivity contribution in [3.05, 3.63) is 209 Å². The predicted octanol–water partition coefficient (Wildman–Crippen LogP) is 12.2. The van der Waals surface area contributed by atoms with Crippen LogP contribution in [0.15, 0.2) is 164 Å². The van der Waals surface area contributed by atoms with Gasteiger partial charge in [-0.25, -0.2) is 9.97 Å². The number of pyridine rings is 1. The summed E-state index contributed by atoms with van der Waals surface area (Å²) in [5, 5.41) is 0. The Labute approximate surface area is 320 Å². The molecule has 4 nitrogen and oxygen atoms in total. The highest BCUT2D eigenvalue weighted by Crippen LogP contribution is 2.61. The zero-order valence-corrected chi connectivity index (χ0v) is 30.5. The van der Waals surface area contributed by atoms with Gasteiger partial charge in [-0.1, -0.05) is 135 Å². The maximum absolute atomic E-state index is 6.99. The van der Waals surface area contributed by atoms with Crippen molar-refractivity contribution in [2.45, 2.75) is 24.7 Å². The van der Waals surface area contributed by atoms with Crippen molar-refractivity contribution in [2.24, 2.45) is 0 Å². The van der Waals surface area contributed by atoms with Crippen LogP contribution < -0.4 is 4.74 Å². The zero-order chi connectivity index (χ0) is 36.7. The van der Waals surface area contributed by atoms with E-state index in [0.717, 1.165) is 56.3 Å². The number of hydrogen-bond acceptors (Lipinski definition) is 4. The molecule has 2 aliphatic carbocycles. The molecule has 0 N–H and O–H groups in total. The van der Waals surface area contributed by atoms with Gasteiger partial charge in [-0.2, -0.15) is 0 Å². The van der Waals surface area contributed by atoms with Crippen LogP contribution in [0.3, 0.4) is 0 Å². The third-order valence-corrected chi connectivity index (χ3v) is 11.9. The lowest BCUT2D eigenvalue weighted by molar-refractivity contribution is 0.433. The molecule has 0 saturated heterocycles. The van der Waals surface area contributed by atoms with Gasteiger partial charge < -0.3 is 4.74 Å². The molecule has 6 aromatic carbocycles. The van der Waals surface area contributed by atoms with E-state index in [1.54, 1.807) is 6.20 Å². The van der Waals surface area contributed by atoms with Gasteiger partial charge in [-0.15, -0.1) is 0 Å². The molecule has 4 heteroatoms. The minimum atomic E-state index is -0.714. The summed E-state index contributed by atoms with van der Waals surface area (Å²) < 4.78 is 6.99. The molecule has 2 aromatic heterocycles. The molecule has 55 heavy (non-hydrogen) atoms. The molecule has 0 amide bonds. The summed E-state index contributed by atoms with van der Waals surface area (Å²) in [6.45, 7) is 4.66. The van der Waals surface area contributed by atoms with Gasteiger partial charge in [0.1, 0.15) is 11.5 Å². The molecule has 260 valence electrons. The standard InChI is InChI=1S/C51H35N3O/c1-50(2)40-19-9-7-17-37(40)38-28-44-48(29-43(38)50)55-47-21-11-10-20-41(47)51(44)39-18-8-6-13-32(39)22-23-33-24-25-35(27-42(33)51)46-30-45(34-14-4-3-5-15-34)53-49(54-46)36-16-12-26-52-31-36/h3-31H,1-2H3. The van der Waals surface area contributed by atoms with E-state index in [4.69, 9.17) is 14.7 Å². The van der Waals surface area contributed by atoms with E-state index in [2.05, 4.69) is 152 Å². The largest absolute Gasteiger partial charge is 0.457 e. The van der Waals surface area contributed by atoms with E-state index in [1.807, 2.05) is 36.5 Å². The number of benzene rings is 6. The van der Waals surface area contributed by atoms with Crippen LogP contribution in [0, 0.1) is 0 Å². The first kappa shape index (κ1) is 31.6. The van der Waals surface area contributed by atoms with Gasteiger partial charge >= 0.3 is 0 Å². The number of nitrogens with zero attached hydrogens (tertiary/aromatic N) is 3. The molecule has 11 rings (SSSR count). The van der Waals surface area contributed by atoms with E-state index >= 15 is 0 Å². The summed E-state index contributed by atoms with van der Waals surface area (Å²) >= 11 is 0. The Hall–Kier alpha value is -6.91. The van der Waals surface area contributed by atoms with E-state index < -0.39 is 5.41 Å². The first-order valence-electron chi connectivity index (χ1n) is 18.8. The SMILES string of the molecule is CC1(C)c2ccccc2-c2cc3c(cc21)Oc1ccccc1C31c2ccccc2C=Cc2ccc(-c3cc(-c4ccccc4)nc(-c4cccnc4)n3)cc21. The lowest BCUT2D eigenvalue weighted by atomic mass is 9.61. The Balaban J connectivity index is 1.23. The number of para-hydroxylation sites is 1. The van der Waals surface area contributed by atoms with Crippen LogP contribution in [0.5, 0.6) is 11.5 Å². The van der Waals surface area contributed by atoms with Crippen molar-refractivity contribution in [3.63, 3.8) is 0 Å². The Kier molecular flexibility index (Phi) is 6.78. The minimum absolute atomic E-state index is 0.169. The smallest absolute Gasteiger partial charge is 0.161 e. The fourth-order valence-electron chi connectivity index (χ4n) is 9.28. The number of ether oxygens (including phenoxy) is 1. The molecular formula is C51H35N3O. The molecular weight excluding hydrogens is 671 g/mol. The number of hydrogen-bond donors (Lipinski definition) is 0. The maximum atomic E-state index is 6.99. The van der Waals surface area contributed by atoms with Crippen molar-refractivity contribution < 1.29 is 4.74 Å². The second kappa shape index (κ2) is 11.8. The van der Waals surface area contributed by atoms with E-state index in [9.17, 15) is 0 Å². The molecule has 1 unspecified atom stereocenters. The van der Waals surface area contributed by atoms with Gasteiger partial charge in [-0.3, -0.25) is 4.98 Å². The van der Waals surface area contributed by atoms with Crippen molar-refractivity contribution in [1.82, 2.24) is 15.0 Å². The fourth-order valence-corrected chi connectivity index (χ4v) is 9.28. The third-order valence-electron chi connectivity index (χ3n) is 11.9. The highest BCUT2D eigenvalue weighted by Gasteiger charge is 2.49. The van der Waals surface area contributed by atoms with Gasteiger partial charge in [0.25, 0.3) is 0 Å². The summed E-state index contributed by atoms with van der Waals surface area (Å²) in [6, 6.07) is 54.3. The summed E-state index contributed by atoms with van der Waals surface area (Å²) in [7, 11) is 0. The van der Waals surface area contributed by atoms with E-state index in [0.29, 0.717) is 5.82 Å². The molecule has 0 radical (unpaired) electrons. The van der Waals surface area contributed by atoms with Crippen molar-refractivity contribution >= 4 is 12.2 Å². The van der Waals surface area contributed by atoms with E-state index in [-0.39, 0.29) is 5.41 Å². The second-order valence-corrected chi connectivity index (χ2v) is 15.2. The van der Waals surface area contributed by atoms with Crippen LogP contribution in [0.2, 0.25) is 0 Å². The quantitative estimate of drug-likeness (QED) is 0.184. The molecule has 0 saturated carbocycles. The summed E-state index contributed by atoms with van der Waals surface area (Å²) in [4.78, 5) is 14.7. The maximum Gasteiger partial charge on any atom is 0.161 e. The second-order valence-electron chi connectivity index (χ2n) is 15.2. The van der Waals surface area contributed by atoms with Gasteiger partial charge in [0.15, 0.2) is 5.82 Å². The summed E-state index contributed by atoms with van der Waals surface area (Å²) in [5.74, 6) is 2.39. The van der Waals surface area contributed by atoms with Crippen LogP contribution in [0.4, 0.5) is 0 Å². The normalized spacial score (nSPS) is 16.5. The van der Waals surface area contributed by atoms with E-state index in [1.165, 1.54) is 38.9 Å². The Morgan fingerprint density at radius 3 is 1.96 bits per heavy atom. The fraction of sp³-hybridized carbons (Fsp3) is 0.0784. The van der Waals surface area contributed by atoms with Gasteiger partial charge in [0.05, 0.1) is 16.8 Å². The highest BCUT2D eigenvalue weighted by atomic mass is 16.5. The average molecular weight is 706 g/mol.